The van der Waals surface area contributed by atoms with Crippen molar-refractivity contribution >= 4 is 104 Å². The summed E-state index contributed by atoms with van der Waals surface area (Å²) < 4.78 is 70.7. The van der Waals surface area contributed by atoms with Crippen LogP contribution in [0, 0.1) is 0 Å². The van der Waals surface area contributed by atoms with E-state index in [2.05, 4.69) is 31.9 Å². The Balaban J connectivity index is 0.000000217. The molecule has 4 aromatic rings. The number of rotatable bonds is 4. The van der Waals surface area contributed by atoms with Crippen LogP contribution < -0.4 is 5.43 Å². The van der Waals surface area contributed by atoms with Crippen molar-refractivity contribution in [2.45, 2.75) is 9.79 Å². The highest BCUT2D eigenvalue weighted by Crippen LogP contribution is 2.45. The highest BCUT2D eigenvalue weighted by atomic mass is 79.9. The normalized spacial score (nSPS) is 11.4. The van der Waals surface area contributed by atoms with Crippen molar-refractivity contribution < 1.29 is 50.5 Å². The molecular weight excluding hydrogens is 907 g/mol. The number of halogens is 5. The molecule has 2 aliphatic rings. The Kier molecular flexibility index (Phi) is 12.5. The maximum atomic E-state index is 12.1. The fraction of sp³-hybridized carbons (Fsp3) is 0. The Hall–Kier alpha value is -3.71. The van der Waals surface area contributed by atoms with Crippen LogP contribution in [0.15, 0.2) is 107 Å². The molecule has 0 atom stereocenters. The number of hydrogen-bond donors (Lipinski definition) is 5. The maximum absolute atomic E-state index is 12.1. The zero-order valence-corrected chi connectivity index (χ0v) is 32.0. The number of fused-ring (bicyclic) bond motifs is 2. The van der Waals surface area contributed by atoms with E-state index in [9.17, 15) is 36.1 Å². The Morgan fingerprint density at radius 1 is 0.647 bits per heavy atom. The van der Waals surface area contributed by atoms with Crippen LogP contribution in [0.2, 0.25) is 15.1 Å². The van der Waals surface area contributed by atoms with Gasteiger partial charge in [0.15, 0.2) is 6.29 Å². The minimum atomic E-state index is -4.62. The maximum Gasteiger partial charge on any atom is 0.295 e. The molecule has 0 saturated carbocycles. The van der Waals surface area contributed by atoms with Crippen molar-refractivity contribution in [2.24, 2.45) is 0 Å². The second-order valence-electron chi connectivity index (χ2n) is 10.1. The minimum Gasteiger partial charge on any atom is -0.508 e. The highest BCUT2D eigenvalue weighted by molar-refractivity contribution is 9.10. The summed E-state index contributed by atoms with van der Waals surface area (Å²) >= 11 is 23.7. The zero-order chi connectivity index (χ0) is 38.0. The lowest BCUT2D eigenvalue weighted by Crippen LogP contribution is -2.05. The van der Waals surface area contributed by atoms with E-state index >= 15 is 0 Å². The first-order valence-electron chi connectivity index (χ1n) is 13.5. The molecule has 0 radical (unpaired) electrons. The minimum absolute atomic E-state index is 0.00496. The standard InChI is InChI=1S/C19H9BrCl2O6S.C7H5BrO4S.C6H5ClO2/c20-8-1-2-9(18(3-8)29(25,26)27)19-10-4-12(21)14(23)6-16(10)28-17-7-15(24)13(22)5-11(17)19;8-6-2-1-5(4-9)7(3-6)13(10,11)12;7-5-2-1-4(8)3-6(5)9/h1-7,23H,(H,25,26,27);1-4H,(H,10,11,12);1-3,8-9H. The first kappa shape index (κ1) is 40.1. The number of phenolic OH excluding ortho intramolecular Hbond substituents is 3. The van der Waals surface area contributed by atoms with Gasteiger partial charge in [0.05, 0.1) is 15.1 Å². The number of carbonyl (C=O) groups is 1. The molecule has 0 aromatic heterocycles. The average Bonchev–Trinajstić information content (AvgIpc) is 3.03. The van der Waals surface area contributed by atoms with Crippen molar-refractivity contribution in [1.82, 2.24) is 0 Å². The van der Waals surface area contributed by atoms with Crippen LogP contribution in [0.25, 0.3) is 33.4 Å². The molecule has 0 fully saturated rings. The average molecular weight is 926 g/mol. The van der Waals surface area contributed by atoms with Crippen LogP contribution in [0.4, 0.5) is 0 Å². The third-order valence-electron chi connectivity index (χ3n) is 6.64. The predicted octanol–water partition coefficient (Wildman–Crippen LogP) is 8.85. The molecular formula is C32H19Br2Cl3O12S2. The van der Waals surface area contributed by atoms with E-state index in [-0.39, 0.29) is 59.7 Å². The predicted molar refractivity (Wildman–Crippen MR) is 198 cm³/mol. The molecule has 0 amide bonds. The number of benzene rings is 5. The second kappa shape index (κ2) is 15.9. The van der Waals surface area contributed by atoms with Gasteiger partial charge in [-0.25, -0.2) is 0 Å². The highest BCUT2D eigenvalue weighted by Gasteiger charge is 2.25. The summed E-state index contributed by atoms with van der Waals surface area (Å²) in [6, 6.07) is 17.5. The van der Waals surface area contributed by atoms with E-state index in [4.69, 9.17) is 54.0 Å². The molecule has 51 heavy (non-hydrogen) atoms. The lowest BCUT2D eigenvalue weighted by Gasteiger charge is -2.17. The molecule has 5 N–H and O–H groups in total. The lowest BCUT2D eigenvalue weighted by molar-refractivity contribution is 0.112. The number of aromatic hydroxyl groups is 3. The molecule has 0 unspecified atom stereocenters. The Morgan fingerprint density at radius 3 is 1.80 bits per heavy atom. The van der Waals surface area contributed by atoms with Crippen LogP contribution in [-0.4, -0.2) is 47.5 Å². The first-order chi connectivity index (χ1) is 23.7. The Bertz CT molecular complexity index is 2580. The van der Waals surface area contributed by atoms with Gasteiger partial charge in [-0.15, -0.1) is 0 Å². The zero-order valence-electron chi connectivity index (χ0n) is 24.9. The van der Waals surface area contributed by atoms with Gasteiger partial charge in [-0.1, -0.05) is 72.7 Å². The van der Waals surface area contributed by atoms with Crippen LogP contribution >= 0.6 is 66.7 Å². The van der Waals surface area contributed by atoms with E-state index in [1.165, 1.54) is 66.7 Å². The Morgan fingerprint density at radius 2 is 1.24 bits per heavy atom. The molecule has 12 nitrogen and oxygen atoms in total. The molecule has 1 aliphatic carbocycles. The van der Waals surface area contributed by atoms with Crippen molar-refractivity contribution in [3.63, 3.8) is 0 Å². The van der Waals surface area contributed by atoms with E-state index in [0.29, 0.717) is 31.7 Å². The molecule has 1 aliphatic heterocycles. The molecule has 4 aromatic carbocycles. The molecule has 6 rings (SSSR count). The van der Waals surface area contributed by atoms with Gasteiger partial charge < -0.3 is 19.7 Å². The SMILES string of the molecule is O=Cc1ccc(Br)cc1S(=O)(=O)O.O=c1cc2oc3cc(O)c(Cl)cc3c(-c3ccc(Br)cc3S(=O)(=O)O)c-2cc1Cl.Oc1ccc(Cl)c(O)c1. The number of carbonyl (C=O) groups excluding carboxylic acids is 1. The molecule has 19 heteroatoms. The van der Waals surface area contributed by atoms with Crippen LogP contribution in [0.3, 0.4) is 0 Å². The van der Waals surface area contributed by atoms with Crippen molar-refractivity contribution in [3.05, 3.63) is 119 Å². The summed E-state index contributed by atoms with van der Waals surface area (Å²) in [4.78, 5) is 21.6. The topological polar surface area (TPSA) is 217 Å². The molecule has 0 bridgehead atoms. The summed E-state index contributed by atoms with van der Waals surface area (Å²) in [5.74, 6) is -0.225. The van der Waals surface area contributed by atoms with Gasteiger partial charge >= 0.3 is 0 Å². The van der Waals surface area contributed by atoms with Crippen LogP contribution in [0.5, 0.6) is 17.2 Å². The Labute approximate surface area is 320 Å². The molecule has 0 saturated heterocycles. The van der Waals surface area contributed by atoms with Crippen molar-refractivity contribution in [1.29, 1.82) is 0 Å². The summed E-state index contributed by atoms with van der Waals surface area (Å²) in [5, 5.41) is 28.0. The van der Waals surface area contributed by atoms with Crippen molar-refractivity contribution in [2.75, 3.05) is 0 Å². The van der Waals surface area contributed by atoms with E-state index in [1.54, 1.807) is 6.07 Å². The quantitative estimate of drug-likeness (QED) is 0.0637. The summed E-state index contributed by atoms with van der Waals surface area (Å²) in [7, 11) is -8.95. The second-order valence-corrected chi connectivity index (χ2v) is 15.9. The first-order valence-corrected chi connectivity index (χ1v) is 19.1. The van der Waals surface area contributed by atoms with Crippen LogP contribution in [-0.2, 0) is 20.2 Å². The fourth-order valence-corrected chi connectivity index (χ4v) is 7.32. The molecule has 1 heterocycles. The third-order valence-corrected chi connectivity index (χ3v) is 10.3. The summed E-state index contributed by atoms with van der Waals surface area (Å²) in [6.07, 6.45) is 0.371. The third kappa shape index (κ3) is 9.59. The fourth-order valence-electron chi connectivity index (χ4n) is 4.44. The smallest absolute Gasteiger partial charge is 0.295 e. The summed E-state index contributed by atoms with van der Waals surface area (Å²) in [6.45, 7) is 0. The van der Waals surface area contributed by atoms with E-state index in [0.717, 1.165) is 6.07 Å². The van der Waals surface area contributed by atoms with Gasteiger partial charge in [-0.05, 0) is 54.6 Å². The number of aldehydes is 1. The summed E-state index contributed by atoms with van der Waals surface area (Å²) in [5.41, 5.74) is 0.377. The van der Waals surface area contributed by atoms with Gasteiger partial charge in [-0.3, -0.25) is 18.7 Å². The van der Waals surface area contributed by atoms with E-state index in [1.807, 2.05) is 0 Å². The largest absolute Gasteiger partial charge is 0.508 e. The number of phenols is 3. The van der Waals surface area contributed by atoms with Gasteiger partial charge in [0.2, 0.25) is 5.43 Å². The van der Waals surface area contributed by atoms with Gasteiger partial charge in [0.1, 0.15) is 38.4 Å². The van der Waals surface area contributed by atoms with Gasteiger partial charge in [0.25, 0.3) is 20.2 Å². The van der Waals surface area contributed by atoms with Gasteiger partial charge in [0, 0.05) is 54.8 Å². The lowest BCUT2D eigenvalue weighted by atomic mass is 9.93. The number of hydrogen-bond acceptors (Lipinski definition) is 10. The van der Waals surface area contributed by atoms with E-state index < -0.39 is 30.6 Å². The molecule has 0 spiro atoms. The monoisotopic (exact) mass is 922 g/mol. The van der Waals surface area contributed by atoms with Crippen LogP contribution in [0.1, 0.15) is 10.4 Å². The molecule has 266 valence electrons. The van der Waals surface area contributed by atoms with Crippen molar-refractivity contribution in [3.8, 4) is 39.7 Å². The van der Waals surface area contributed by atoms with Gasteiger partial charge in [-0.2, -0.15) is 16.8 Å².